The number of aryl methyl sites for hydroxylation is 1. The Hall–Kier alpha value is -2.47. The summed E-state index contributed by atoms with van der Waals surface area (Å²) in [6, 6.07) is 7.31. The Labute approximate surface area is 160 Å². The third-order valence-corrected chi connectivity index (χ3v) is 5.02. The maximum Gasteiger partial charge on any atom is 0.191 e. The van der Waals surface area contributed by atoms with E-state index in [0.29, 0.717) is 30.6 Å². The smallest absolute Gasteiger partial charge is 0.191 e. The molecule has 146 valence electrons. The highest BCUT2D eigenvalue weighted by Crippen LogP contribution is 2.31. The average Bonchev–Trinajstić information content (AvgIpc) is 3.21. The maximum atomic E-state index is 10.6. The van der Waals surface area contributed by atoms with Gasteiger partial charge in [-0.3, -0.25) is 0 Å². The van der Waals surface area contributed by atoms with Crippen molar-refractivity contribution in [2.45, 2.75) is 51.7 Å². The molecule has 27 heavy (non-hydrogen) atoms. The van der Waals surface area contributed by atoms with E-state index in [-0.39, 0.29) is 6.54 Å². The topological polar surface area (TPSA) is 90.0 Å². The van der Waals surface area contributed by atoms with E-state index in [0.717, 1.165) is 24.8 Å². The van der Waals surface area contributed by atoms with Crippen LogP contribution in [-0.2, 0) is 25.0 Å². The summed E-state index contributed by atoms with van der Waals surface area (Å²) in [6.45, 7) is 5.04. The summed E-state index contributed by atoms with van der Waals surface area (Å²) in [5.74, 6) is 1.40. The van der Waals surface area contributed by atoms with E-state index in [4.69, 9.17) is 4.42 Å². The molecule has 1 aliphatic rings. The molecule has 1 heterocycles. The van der Waals surface area contributed by atoms with Crippen LogP contribution in [0.3, 0.4) is 0 Å². The number of nitrogens with one attached hydrogen (secondary N) is 2. The molecule has 0 radical (unpaired) electrons. The molecule has 0 saturated carbocycles. The third kappa shape index (κ3) is 4.63. The Bertz CT molecular complexity index is 782. The van der Waals surface area contributed by atoms with Gasteiger partial charge in [0.05, 0.1) is 19.4 Å². The molecule has 6 nitrogen and oxygen atoms in total. The molecule has 0 aliphatic heterocycles. The van der Waals surface area contributed by atoms with Gasteiger partial charge < -0.3 is 25.3 Å². The van der Waals surface area contributed by atoms with Crippen molar-refractivity contribution in [3.63, 3.8) is 0 Å². The highest BCUT2D eigenvalue weighted by molar-refractivity contribution is 5.79. The van der Waals surface area contributed by atoms with Gasteiger partial charge in [0.25, 0.3) is 0 Å². The predicted molar refractivity (Wildman–Crippen MR) is 106 cm³/mol. The van der Waals surface area contributed by atoms with Crippen molar-refractivity contribution >= 4 is 5.96 Å². The minimum absolute atomic E-state index is 0.255. The van der Waals surface area contributed by atoms with E-state index < -0.39 is 5.60 Å². The van der Waals surface area contributed by atoms with Gasteiger partial charge in [-0.25, -0.2) is 4.99 Å². The fourth-order valence-corrected chi connectivity index (χ4v) is 3.50. The standard InChI is InChI=1S/C21H29N3O3/c1-3-22-20(24-14-21(2,26)19-9-6-12-27-19)23-13-17-16-8-5-4-7-15(16)10-11-18(17)25/h6,9-12,25-26H,3-5,7-8,13-14H2,1-2H3,(H2,22,23,24). The zero-order valence-electron chi connectivity index (χ0n) is 16.1. The Morgan fingerprint density at radius 1 is 1.22 bits per heavy atom. The number of nitrogens with zero attached hydrogens (tertiary/aromatic N) is 1. The number of hydrogen-bond acceptors (Lipinski definition) is 4. The number of fused-ring (bicyclic) bond motifs is 1. The van der Waals surface area contributed by atoms with Crippen LogP contribution >= 0.6 is 0 Å². The molecule has 1 aromatic heterocycles. The fourth-order valence-electron chi connectivity index (χ4n) is 3.50. The summed E-state index contributed by atoms with van der Waals surface area (Å²) in [4.78, 5) is 4.63. The lowest BCUT2D eigenvalue weighted by Gasteiger charge is -2.23. The summed E-state index contributed by atoms with van der Waals surface area (Å²) in [5, 5.41) is 27.3. The van der Waals surface area contributed by atoms with E-state index >= 15 is 0 Å². The molecule has 3 rings (SSSR count). The van der Waals surface area contributed by atoms with Gasteiger partial charge in [-0.2, -0.15) is 0 Å². The van der Waals surface area contributed by atoms with Crippen LogP contribution in [0.4, 0.5) is 0 Å². The lowest BCUT2D eigenvalue weighted by molar-refractivity contribution is 0.0386. The summed E-state index contributed by atoms with van der Waals surface area (Å²) >= 11 is 0. The SMILES string of the molecule is CCNC(=NCc1c(O)ccc2c1CCCC2)NCC(C)(O)c1ccco1. The van der Waals surface area contributed by atoms with Gasteiger partial charge >= 0.3 is 0 Å². The van der Waals surface area contributed by atoms with Crippen LogP contribution in [0.5, 0.6) is 5.75 Å². The lowest BCUT2D eigenvalue weighted by atomic mass is 9.88. The zero-order valence-corrected chi connectivity index (χ0v) is 16.1. The van der Waals surface area contributed by atoms with Crippen molar-refractivity contribution < 1.29 is 14.6 Å². The van der Waals surface area contributed by atoms with Gasteiger partial charge in [0.2, 0.25) is 0 Å². The number of aromatic hydroxyl groups is 1. The van der Waals surface area contributed by atoms with Gasteiger partial charge in [0, 0.05) is 12.1 Å². The van der Waals surface area contributed by atoms with E-state index in [1.807, 2.05) is 13.0 Å². The van der Waals surface area contributed by atoms with E-state index in [1.165, 1.54) is 17.5 Å². The van der Waals surface area contributed by atoms with E-state index in [1.54, 1.807) is 31.4 Å². The first-order valence-electron chi connectivity index (χ1n) is 9.62. The lowest BCUT2D eigenvalue weighted by Crippen LogP contribution is -2.44. The van der Waals surface area contributed by atoms with E-state index in [9.17, 15) is 10.2 Å². The number of hydrogen-bond donors (Lipinski definition) is 4. The maximum absolute atomic E-state index is 10.6. The predicted octanol–water partition coefficient (Wildman–Crippen LogP) is 2.83. The summed E-state index contributed by atoms with van der Waals surface area (Å²) in [6.07, 6.45) is 5.96. The molecule has 6 heteroatoms. The zero-order chi connectivity index (χ0) is 19.3. The quantitative estimate of drug-likeness (QED) is 0.463. The first-order valence-corrected chi connectivity index (χ1v) is 9.62. The molecule has 1 unspecified atom stereocenters. The minimum Gasteiger partial charge on any atom is -0.508 e. The monoisotopic (exact) mass is 371 g/mol. The Morgan fingerprint density at radius 2 is 2.04 bits per heavy atom. The number of guanidine groups is 1. The van der Waals surface area contributed by atoms with Gasteiger partial charge in [0.1, 0.15) is 17.1 Å². The molecule has 1 aliphatic carbocycles. The van der Waals surface area contributed by atoms with Crippen LogP contribution < -0.4 is 10.6 Å². The molecular formula is C21H29N3O3. The third-order valence-electron chi connectivity index (χ3n) is 5.02. The summed E-state index contributed by atoms with van der Waals surface area (Å²) in [5.41, 5.74) is 2.32. The first kappa shape index (κ1) is 19.3. The van der Waals surface area contributed by atoms with Crippen LogP contribution in [0.2, 0.25) is 0 Å². The second kappa shape index (κ2) is 8.48. The molecule has 4 N–H and O–H groups in total. The second-order valence-corrected chi connectivity index (χ2v) is 7.21. The number of aliphatic hydroxyl groups is 1. The van der Waals surface area contributed by atoms with Gasteiger partial charge in [-0.05, 0) is 68.9 Å². The average molecular weight is 371 g/mol. The number of phenolic OH excluding ortho intramolecular Hbond substituents is 1. The van der Waals surface area contributed by atoms with Crippen LogP contribution in [-0.4, -0.2) is 29.3 Å². The molecule has 0 fully saturated rings. The number of furan rings is 1. The van der Waals surface area contributed by atoms with Crippen molar-refractivity contribution in [1.82, 2.24) is 10.6 Å². The number of rotatable bonds is 6. The normalized spacial score (nSPS) is 16.5. The van der Waals surface area contributed by atoms with Crippen LogP contribution in [0.25, 0.3) is 0 Å². The van der Waals surface area contributed by atoms with Crippen molar-refractivity contribution in [3.8, 4) is 5.75 Å². The highest BCUT2D eigenvalue weighted by Gasteiger charge is 2.26. The largest absolute Gasteiger partial charge is 0.508 e. The van der Waals surface area contributed by atoms with Crippen LogP contribution in [0, 0.1) is 0 Å². The van der Waals surface area contributed by atoms with Crippen LogP contribution in [0.1, 0.15) is 49.1 Å². The van der Waals surface area contributed by atoms with Gasteiger partial charge in [-0.1, -0.05) is 6.07 Å². The fraction of sp³-hybridized carbons (Fsp3) is 0.476. The molecule has 2 aromatic rings. The van der Waals surface area contributed by atoms with Crippen molar-refractivity contribution in [1.29, 1.82) is 0 Å². The first-order chi connectivity index (χ1) is 13.0. The summed E-state index contributed by atoms with van der Waals surface area (Å²) in [7, 11) is 0. The molecule has 0 bridgehead atoms. The van der Waals surface area contributed by atoms with E-state index in [2.05, 4.69) is 15.6 Å². The Kier molecular flexibility index (Phi) is 6.06. The Morgan fingerprint density at radius 3 is 2.78 bits per heavy atom. The van der Waals surface area contributed by atoms with Gasteiger partial charge in [-0.15, -0.1) is 0 Å². The molecule has 0 saturated heterocycles. The molecular weight excluding hydrogens is 342 g/mol. The number of aliphatic imine (C=N–C) groups is 1. The molecule has 1 aromatic carbocycles. The van der Waals surface area contributed by atoms with Crippen LogP contribution in [0.15, 0.2) is 39.9 Å². The molecule has 0 amide bonds. The van der Waals surface area contributed by atoms with Crippen molar-refractivity contribution in [3.05, 3.63) is 53.0 Å². The number of benzene rings is 1. The van der Waals surface area contributed by atoms with Gasteiger partial charge in [0.15, 0.2) is 5.96 Å². The van der Waals surface area contributed by atoms with Crippen molar-refractivity contribution in [2.24, 2.45) is 4.99 Å². The minimum atomic E-state index is -1.15. The summed E-state index contributed by atoms with van der Waals surface area (Å²) < 4.78 is 5.31. The molecule has 0 spiro atoms. The number of phenols is 1. The second-order valence-electron chi connectivity index (χ2n) is 7.21. The van der Waals surface area contributed by atoms with Crippen molar-refractivity contribution in [2.75, 3.05) is 13.1 Å². The Balaban J connectivity index is 1.73. The molecule has 1 atom stereocenters. The highest BCUT2D eigenvalue weighted by atomic mass is 16.4.